The van der Waals surface area contributed by atoms with Gasteiger partial charge in [-0.1, -0.05) is 6.07 Å². The summed E-state index contributed by atoms with van der Waals surface area (Å²) in [6, 6.07) is 6.46. The SMILES string of the molecule is C/C(=C\c1c(C)c(C)c(-c2ccc3[nH]cc(C)c3c2)c(C)c1C)C(=O)NS(C)(=O)=O. The molecule has 0 aliphatic heterocycles. The molecule has 2 aromatic carbocycles. The molecule has 0 atom stereocenters. The van der Waals surface area contributed by atoms with Crippen molar-refractivity contribution >= 4 is 32.9 Å². The Kier molecular flexibility index (Phi) is 5.65. The average Bonchev–Trinajstić information content (AvgIpc) is 3.03. The monoisotopic (exact) mass is 424 g/mol. The third-order valence-corrected chi connectivity index (χ3v) is 6.41. The van der Waals surface area contributed by atoms with Crippen LogP contribution >= 0.6 is 0 Å². The first-order chi connectivity index (χ1) is 13.9. The summed E-state index contributed by atoms with van der Waals surface area (Å²) in [6.07, 6.45) is 4.76. The fourth-order valence-corrected chi connectivity index (χ4v) is 4.44. The number of benzene rings is 2. The predicted molar refractivity (Wildman–Crippen MR) is 124 cm³/mol. The summed E-state index contributed by atoms with van der Waals surface area (Å²) in [6.45, 7) is 12.0. The zero-order valence-corrected chi connectivity index (χ0v) is 19.3. The lowest BCUT2D eigenvalue weighted by Crippen LogP contribution is -2.29. The van der Waals surface area contributed by atoms with E-state index < -0.39 is 15.9 Å². The Morgan fingerprint density at radius 3 is 2.17 bits per heavy atom. The van der Waals surface area contributed by atoms with Gasteiger partial charge in [0.15, 0.2) is 0 Å². The molecule has 0 aliphatic rings. The van der Waals surface area contributed by atoms with Crippen LogP contribution in [0.3, 0.4) is 0 Å². The fourth-order valence-electron chi connectivity index (χ4n) is 3.94. The lowest BCUT2D eigenvalue weighted by Gasteiger charge is -2.20. The molecule has 0 spiro atoms. The van der Waals surface area contributed by atoms with E-state index in [2.05, 4.69) is 44.0 Å². The van der Waals surface area contributed by atoms with Gasteiger partial charge in [0.2, 0.25) is 10.0 Å². The maximum Gasteiger partial charge on any atom is 0.260 e. The summed E-state index contributed by atoms with van der Waals surface area (Å²) in [5.74, 6) is -0.607. The van der Waals surface area contributed by atoms with Crippen molar-refractivity contribution in [2.24, 2.45) is 0 Å². The van der Waals surface area contributed by atoms with E-state index in [0.29, 0.717) is 5.57 Å². The summed E-state index contributed by atoms with van der Waals surface area (Å²) < 4.78 is 24.8. The number of rotatable bonds is 4. The number of amides is 1. The van der Waals surface area contributed by atoms with Crippen LogP contribution in [0.2, 0.25) is 0 Å². The third-order valence-electron chi connectivity index (χ3n) is 5.86. The van der Waals surface area contributed by atoms with Crippen LogP contribution in [-0.2, 0) is 14.8 Å². The lowest BCUT2D eigenvalue weighted by atomic mass is 9.85. The van der Waals surface area contributed by atoms with Crippen LogP contribution < -0.4 is 4.72 Å². The second-order valence-electron chi connectivity index (χ2n) is 8.05. The highest BCUT2D eigenvalue weighted by Gasteiger charge is 2.17. The topological polar surface area (TPSA) is 79.0 Å². The number of hydrogen-bond acceptors (Lipinski definition) is 3. The van der Waals surface area contributed by atoms with Crippen molar-refractivity contribution in [3.63, 3.8) is 0 Å². The van der Waals surface area contributed by atoms with Gasteiger partial charge in [-0.25, -0.2) is 13.1 Å². The van der Waals surface area contributed by atoms with Crippen molar-refractivity contribution in [3.8, 4) is 11.1 Å². The van der Waals surface area contributed by atoms with Crippen LogP contribution in [0.15, 0.2) is 30.0 Å². The highest BCUT2D eigenvalue weighted by atomic mass is 32.2. The van der Waals surface area contributed by atoms with Gasteiger partial charge >= 0.3 is 0 Å². The predicted octanol–water partition coefficient (Wildman–Crippen LogP) is 4.86. The zero-order valence-electron chi connectivity index (χ0n) is 18.5. The standard InChI is InChI=1S/C24H28N2O3S/c1-13(24(27)26-30(7,28)29)10-21-15(3)17(5)23(18(6)16(21)4)19-8-9-22-20(11-19)14(2)12-25-22/h8-12,25H,1-7H3,(H,26,27)/b13-10+. The summed E-state index contributed by atoms with van der Waals surface area (Å²) in [7, 11) is -3.60. The normalized spacial score (nSPS) is 12.4. The van der Waals surface area contributed by atoms with Gasteiger partial charge in [-0.3, -0.25) is 4.79 Å². The molecule has 0 fully saturated rings. The number of sulfonamides is 1. The first-order valence-electron chi connectivity index (χ1n) is 9.79. The van der Waals surface area contributed by atoms with Crippen LogP contribution in [0.5, 0.6) is 0 Å². The molecule has 3 aromatic rings. The Morgan fingerprint density at radius 2 is 1.60 bits per heavy atom. The van der Waals surface area contributed by atoms with Crippen molar-refractivity contribution < 1.29 is 13.2 Å². The number of fused-ring (bicyclic) bond motifs is 1. The Hall–Kier alpha value is -2.86. The highest BCUT2D eigenvalue weighted by Crippen LogP contribution is 2.36. The van der Waals surface area contributed by atoms with Crippen molar-refractivity contribution in [1.82, 2.24) is 9.71 Å². The lowest BCUT2D eigenvalue weighted by molar-refractivity contribution is -0.115. The van der Waals surface area contributed by atoms with E-state index >= 15 is 0 Å². The summed E-state index contributed by atoms with van der Waals surface area (Å²) in [4.78, 5) is 15.5. The van der Waals surface area contributed by atoms with Gasteiger partial charge in [0.05, 0.1) is 6.26 Å². The first-order valence-corrected chi connectivity index (χ1v) is 11.7. The Balaban J connectivity index is 2.15. The number of aryl methyl sites for hydroxylation is 1. The highest BCUT2D eigenvalue weighted by molar-refractivity contribution is 7.89. The molecule has 0 aliphatic carbocycles. The molecule has 1 amide bonds. The molecule has 0 bridgehead atoms. The van der Waals surface area contributed by atoms with Crippen molar-refractivity contribution in [1.29, 1.82) is 0 Å². The van der Waals surface area contributed by atoms with Crippen molar-refractivity contribution in [2.75, 3.05) is 6.26 Å². The van der Waals surface area contributed by atoms with E-state index in [0.717, 1.165) is 45.2 Å². The van der Waals surface area contributed by atoms with Gasteiger partial charge in [-0.05, 0) is 104 Å². The van der Waals surface area contributed by atoms with Gasteiger partial charge in [0.1, 0.15) is 0 Å². The first kappa shape index (κ1) is 21.8. The minimum absolute atomic E-state index is 0.350. The van der Waals surface area contributed by atoms with Crippen molar-refractivity contribution in [2.45, 2.75) is 41.5 Å². The smallest absolute Gasteiger partial charge is 0.260 e. The van der Waals surface area contributed by atoms with E-state index in [-0.39, 0.29) is 0 Å². The van der Waals surface area contributed by atoms with Crippen LogP contribution in [-0.4, -0.2) is 25.6 Å². The molecule has 1 aromatic heterocycles. The number of aromatic amines is 1. The number of hydrogen-bond donors (Lipinski definition) is 2. The van der Waals surface area contributed by atoms with Gasteiger partial charge in [0, 0.05) is 22.7 Å². The van der Waals surface area contributed by atoms with Crippen LogP contribution in [0.25, 0.3) is 28.1 Å². The molecule has 5 nitrogen and oxygen atoms in total. The van der Waals surface area contributed by atoms with E-state index in [1.165, 1.54) is 16.5 Å². The number of nitrogens with one attached hydrogen (secondary N) is 2. The molecule has 158 valence electrons. The fraction of sp³-hybridized carbons (Fsp3) is 0.292. The minimum Gasteiger partial charge on any atom is -0.361 e. The van der Waals surface area contributed by atoms with Gasteiger partial charge in [-0.15, -0.1) is 0 Å². The maximum atomic E-state index is 12.2. The van der Waals surface area contributed by atoms with Crippen LogP contribution in [0.1, 0.15) is 40.3 Å². The minimum atomic E-state index is -3.60. The van der Waals surface area contributed by atoms with E-state index in [1.54, 1.807) is 13.0 Å². The molecule has 3 rings (SSSR count). The van der Waals surface area contributed by atoms with E-state index in [1.807, 2.05) is 24.8 Å². The van der Waals surface area contributed by atoms with E-state index in [9.17, 15) is 13.2 Å². The third kappa shape index (κ3) is 4.05. The summed E-state index contributed by atoms with van der Waals surface area (Å²) in [5.41, 5.74) is 10.4. The quantitative estimate of drug-likeness (QED) is 0.587. The molecular weight excluding hydrogens is 396 g/mol. The summed E-state index contributed by atoms with van der Waals surface area (Å²) in [5, 5.41) is 1.21. The molecule has 0 unspecified atom stereocenters. The van der Waals surface area contributed by atoms with Crippen LogP contribution in [0.4, 0.5) is 0 Å². The van der Waals surface area contributed by atoms with Crippen molar-refractivity contribution in [3.05, 3.63) is 63.3 Å². The summed E-state index contributed by atoms with van der Waals surface area (Å²) >= 11 is 0. The number of carbonyl (C=O) groups excluding carboxylic acids is 1. The van der Waals surface area contributed by atoms with Gasteiger partial charge in [-0.2, -0.15) is 0 Å². The molecule has 2 N–H and O–H groups in total. The van der Waals surface area contributed by atoms with Gasteiger partial charge < -0.3 is 4.98 Å². The second-order valence-corrected chi connectivity index (χ2v) is 9.80. The maximum absolute atomic E-state index is 12.2. The zero-order chi connectivity index (χ0) is 22.4. The number of carbonyl (C=O) groups is 1. The molecule has 0 saturated heterocycles. The number of H-pyrrole nitrogens is 1. The van der Waals surface area contributed by atoms with E-state index in [4.69, 9.17) is 0 Å². The largest absolute Gasteiger partial charge is 0.361 e. The molecule has 6 heteroatoms. The molecule has 30 heavy (non-hydrogen) atoms. The van der Waals surface area contributed by atoms with Gasteiger partial charge in [0.25, 0.3) is 5.91 Å². The number of aromatic nitrogens is 1. The Labute approximate surface area is 178 Å². The second kappa shape index (κ2) is 7.76. The molecular formula is C24H28N2O3S. The molecule has 0 saturated carbocycles. The Bertz CT molecular complexity index is 1280. The molecule has 1 heterocycles. The van der Waals surface area contributed by atoms with Crippen LogP contribution in [0, 0.1) is 34.6 Å². The Morgan fingerprint density at radius 1 is 1.00 bits per heavy atom. The molecule has 0 radical (unpaired) electrons. The average molecular weight is 425 g/mol.